The quantitative estimate of drug-likeness (QED) is 0.782. The number of carbonyl (C=O) groups excluding carboxylic acids is 1. The lowest BCUT2D eigenvalue weighted by atomic mass is 9.63. The first-order valence-electron chi connectivity index (χ1n) is 8.37. The van der Waals surface area contributed by atoms with Crippen molar-refractivity contribution in [2.45, 2.75) is 11.0 Å². The number of hydrazone groups is 1. The molecule has 1 aliphatic heterocycles. The van der Waals surface area contributed by atoms with E-state index in [1.165, 1.54) is 0 Å². The largest absolute Gasteiger partial charge is 0.291 e. The first-order chi connectivity index (χ1) is 12.3. The van der Waals surface area contributed by atoms with Crippen LogP contribution in [0.15, 0.2) is 90.0 Å². The van der Waals surface area contributed by atoms with Gasteiger partial charge >= 0.3 is 0 Å². The van der Waals surface area contributed by atoms with Gasteiger partial charge < -0.3 is 0 Å². The van der Waals surface area contributed by atoms with Crippen LogP contribution in [0.4, 0.5) is 0 Å². The lowest BCUT2D eigenvalue weighted by Crippen LogP contribution is -2.54. The number of ketones is 1. The average Bonchev–Trinajstić information content (AvgIpc) is 3.19. The molecule has 0 fully saturated rings. The topological polar surface area (TPSA) is 41.5 Å². The first-order valence-corrected chi connectivity index (χ1v) is 8.37. The molecular weight excluding hydrogens is 308 g/mol. The Kier molecular flexibility index (Phi) is 2.78. The standard InChI is InChI=1S/C22H16N2O/c25-20-18-13-7-8-14-19(18)21(16-9-3-1-4-10-16)15-23-24-22(20,21)17-11-5-2-6-12-17/h1-15,24H/t21-,22-/m0/s1. The van der Waals surface area contributed by atoms with E-state index in [0.717, 1.165) is 22.3 Å². The Morgan fingerprint density at radius 3 is 2.04 bits per heavy atom. The summed E-state index contributed by atoms with van der Waals surface area (Å²) in [5.74, 6) is 0.0654. The number of carbonyl (C=O) groups is 1. The zero-order chi connectivity index (χ0) is 16.9. The molecule has 0 radical (unpaired) electrons. The van der Waals surface area contributed by atoms with Gasteiger partial charge in [-0.05, 0) is 16.7 Å². The first kappa shape index (κ1) is 14.2. The number of rotatable bonds is 2. The highest BCUT2D eigenvalue weighted by molar-refractivity contribution is 6.16. The van der Waals surface area contributed by atoms with Crippen molar-refractivity contribution in [3.8, 4) is 0 Å². The van der Waals surface area contributed by atoms with Crippen molar-refractivity contribution in [1.82, 2.24) is 5.43 Å². The Balaban J connectivity index is 1.92. The van der Waals surface area contributed by atoms with Crippen LogP contribution < -0.4 is 5.43 Å². The van der Waals surface area contributed by atoms with E-state index in [4.69, 9.17) is 0 Å². The molecule has 5 rings (SSSR count). The van der Waals surface area contributed by atoms with Gasteiger partial charge in [0.2, 0.25) is 0 Å². The van der Waals surface area contributed by atoms with E-state index in [9.17, 15) is 4.79 Å². The van der Waals surface area contributed by atoms with Crippen LogP contribution in [0.25, 0.3) is 0 Å². The summed E-state index contributed by atoms with van der Waals surface area (Å²) in [5, 5.41) is 4.42. The van der Waals surface area contributed by atoms with E-state index in [1.807, 2.05) is 79.0 Å². The van der Waals surface area contributed by atoms with Gasteiger partial charge in [-0.1, -0.05) is 84.9 Å². The molecule has 0 amide bonds. The van der Waals surface area contributed by atoms with E-state index >= 15 is 0 Å². The summed E-state index contributed by atoms with van der Waals surface area (Å²) in [4.78, 5) is 13.6. The predicted octanol–water partition coefficient (Wildman–Crippen LogP) is 3.65. The molecule has 0 unspecified atom stereocenters. The number of fused-ring (bicyclic) bond motifs is 3. The minimum atomic E-state index is -0.945. The summed E-state index contributed by atoms with van der Waals surface area (Å²) < 4.78 is 0. The van der Waals surface area contributed by atoms with Gasteiger partial charge in [-0.3, -0.25) is 10.2 Å². The monoisotopic (exact) mass is 324 g/mol. The molecule has 0 saturated carbocycles. The van der Waals surface area contributed by atoms with Crippen molar-refractivity contribution in [2.75, 3.05) is 0 Å². The summed E-state index contributed by atoms with van der Waals surface area (Å²) >= 11 is 0. The normalized spacial score (nSPS) is 26.2. The zero-order valence-corrected chi connectivity index (χ0v) is 13.5. The highest BCUT2D eigenvalue weighted by Gasteiger charge is 2.66. The highest BCUT2D eigenvalue weighted by atomic mass is 16.1. The molecule has 3 aromatic carbocycles. The minimum absolute atomic E-state index is 0.0654. The van der Waals surface area contributed by atoms with Gasteiger partial charge in [0.15, 0.2) is 11.3 Å². The van der Waals surface area contributed by atoms with Gasteiger partial charge in [-0.25, -0.2) is 0 Å². The number of Topliss-reactive ketones (excluding diaryl/α,β-unsaturated/α-hetero) is 1. The Hall–Kier alpha value is -3.20. The summed E-state index contributed by atoms with van der Waals surface area (Å²) in [6.45, 7) is 0. The second-order valence-corrected chi connectivity index (χ2v) is 6.53. The van der Waals surface area contributed by atoms with Crippen molar-refractivity contribution in [2.24, 2.45) is 5.10 Å². The molecule has 3 aromatic rings. The Bertz CT molecular complexity index is 997. The fourth-order valence-electron chi connectivity index (χ4n) is 4.40. The van der Waals surface area contributed by atoms with Crippen LogP contribution in [0.5, 0.6) is 0 Å². The molecule has 1 heterocycles. The third-order valence-corrected chi connectivity index (χ3v) is 5.46. The highest BCUT2D eigenvalue weighted by Crippen LogP contribution is 2.56. The number of benzene rings is 3. The minimum Gasteiger partial charge on any atom is -0.291 e. The number of nitrogens with zero attached hydrogens (tertiary/aromatic N) is 1. The van der Waals surface area contributed by atoms with Crippen LogP contribution in [0.2, 0.25) is 0 Å². The molecule has 0 saturated heterocycles. The second-order valence-electron chi connectivity index (χ2n) is 6.53. The Morgan fingerprint density at radius 1 is 0.720 bits per heavy atom. The summed E-state index contributed by atoms with van der Waals surface area (Å²) in [5.41, 5.74) is 5.36. The van der Waals surface area contributed by atoms with Crippen LogP contribution >= 0.6 is 0 Å². The third kappa shape index (κ3) is 1.55. The van der Waals surface area contributed by atoms with E-state index in [2.05, 4.69) is 22.7 Å². The van der Waals surface area contributed by atoms with Gasteiger partial charge in [0.05, 0.1) is 5.41 Å². The van der Waals surface area contributed by atoms with E-state index in [-0.39, 0.29) is 5.78 Å². The average molecular weight is 324 g/mol. The fourth-order valence-corrected chi connectivity index (χ4v) is 4.40. The molecule has 3 nitrogen and oxygen atoms in total. The second kappa shape index (κ2) is 4.90. The van der Waals surface area contributed by atoms with Crippen molar-refractivity contribution >= 4 is 12.0 Å². The smallest absolute Gasteiger partial charge is 0.196 e. The molecule has 25 heavy (non-hydrogen) atoms. The molecule has 3 heteroatoms. The molecule has 0 bridgehead atoms. The maximum absolute atomic E-state index is 13.6. The molecule has 0 spiro atoms. The SMILES string of the molecule is O=C1c2ccccc2[C@@]2(c3ccccc3)C=NN[C@@]12c1ccccc1. The van der Waals surface area contributed by atoms with Crippen LogP contribution in [-0.2, 0) is 11.0 Å². The maximum atomic E-state index is 13.6. The van der Waals surface area contributed by atoms with Crippen LogP contribution in [0.1, 0.15) is 27.0 Å². The molecule has 2 atom stereocenters. The van der Waals surface area contributed by atoms with E-state index in [1.54, 1.807) is 0 Å². The Morgan fingerprint density at radius 2 is 1.32 bits per heavy atom. The van der Waals surface area contributed by atoms with Crippen LogP contribution in [0.3, 0.4) is 0 Å². The van der Waals surface area contributed by atoms with Crippen LogP contribution in [0, 0.1) is 0 Å². The van der Waals surface area contributed by atoms with Gasteiger partial charge in [-0.2, -0.15) is 5.10 Å². The number of hydrogen-bond acceptors (Lipinski definition) is 3. The summed E-state index contributed by atoms with van der Waals surface area (Å²) in [6, 6.07) is 28.0. The van der Waals surface area contributed by atoms with Gasteiger partial charge in [0.1, 0.15) is 0 Å². The van der Waals surface area contributed by atoms with E-state index < -0.39 is 11.0 Å². The fraction of sp³-hybridized carbons (Fsp3) is 0.0909. The van der Waals surface area contributed by atoms with Crippen molar-refractivity contribution in [3.05, 3.63) is 107 Å². The lowest BCUT2D eigenvalue weighted by Gasteiger charge is -2.38. The van der Waals surface area contributed by atoms with Crippen molar-refractivity contribution in [3.63, 3.8) is 0 Å². The zero-order valence-electron chi connectivity index (χ0n) is 13.5. The number of nitrogens with one attached hydrogen (secondary N) is 1. The summed E-state index contributed by atoms with van der Waals surface area (Å²) in [6.07, 6.45) is 1.90. The van der Waals surface area contributed by atoms with E-state index in [0.29, 0.717) is 0 Å². The molecule has 1 aliphatic carbocycles. The van der Waals surface area contributed by atoms with Gasteiger partial charge in [0, 0.05) is 11.8 Å². The Labute approximate surface area is 146 Å². The molecular formula is C22H16N2O. The summed E-state index contributed by atoms with van der Waals surface area (Å²) in [7, 11) is 0. The maximum Gasteiger partial charge on any atom is 0.196 e. The number of hydrogen-bond donors (Lipinski definition) is 1. The van der Waals surface area contributed by atoms with Gasteiger partial charge in [0.25, 0.3) is 0 Å². The van der Waals surface area contributed by atoms with Gasteiger partial charge in [-0.15, -0.1) is 0 Å². The molecule has 120 valence electrons. The predicted molar refractivity (Wildman–Crippen MR) is 97.7 cm³/mol. The molecule has 2 aliphatic rings. The molecule has 1 N–H and O–H groups in total. The molecule has 0 aromatic heterocycles. The lowest BCUT2D eigenvalue weighted by molar-refractivity contribution is 0.0851. The third-order valence-electron chi connectivity index (χ3n) is 5.46. The van der Waals surface area contributed by atoms with Crippen LogP contribution in [-0.4, -0.2) is 12.0 Å². The van der Waals surface area contributed by atoms with Crippen molar-refractivity contribution < 1.29 is 4.79 Å². The van der Waals surface area contributed by atoms with Crippen molar-refractivity contribution in [1.29, 1.82) is 0 Å².